The Balaban J connectivity index is 3.28. The van der Waals surface area contributed by atoms with Gasteiger partial charge in [-0.05, 0) is 6.92 Å². The summed E-state index contributed by atoms with van der Waals surface area (Å²) in [4.78, 5) is 0. The smallest absolute Gasteiger partial charge is 0.242 e. The second-order valence-corrected chi connectivity index (χ2v) is 2.78. The molecule has 0 atom stereocenters. The Bertz CT molecular complexity index is 298. The van der Waals surface area contributed by atoms with Crippen molar-refractivity contribution in [2.45, 2.75) is 19.8 Å². The maximum absolute atomic E-state index is 12.8. The molecule has 0 spiro atoms. The van der Waals surface area contributed by atoms with Crippen LogP contribution in [0.4, 0.5) is 13.2 Å². The number of halogens is 3. The summed E-state index contributed by atoms with van der Waals surface area (Å²) in [6, 6.07) is 0. The molecular formula is C7H9F3N2. The third kappa shape index (κ3) is 1.31. The van der Waals surface area contributed by atoms with Gasteiger partial charge in [-0.25, -0.2) is 4.68 Å². The van der Waals surface area contributed by atoms with Crippen LogP contribution in [0.2, 0.25) is 0 Å². The van der Waals surface area contributed by atoms with E-state index in [9.17, 15) is 13.2 Å². The van der Waals surface area contributed by atoms with Gasteiger partial charge in [0.2, 0.25) is 5.95 Å². The summed E-state index contributed by atoms with van der Waals surface area (Å²) in [5, 5.41) is 3.37. The predicted molar refractivity (Wildman–Crippen MR) is 37.5 cm³/mol. The van der Waals surface area contributed by atoms with Crippen molar-refractivity contribution in [3.05, 3.63) is 17.2 Å². The van der Waals surface area contributed by atoms with Gasteiger partial charge in [-0.3, -0.25) is 0 Å². The van der Waals surface area contributed by atoms with Crippen molar-refractivity contribution in [3.8, 4) is 0 Å². The van der Waals surface area contributed by atoms with Gasteiger partial charge in [-0.15, -0.1) is 0 Å². The first kappa shape index (κ1) is 9.09. The molecule has 0 saturated carbocycles. The van der Waals surface area contributed by atoms with Gasteiger partial charge in [-0.1, -0.05) is 0 Å². The van der Waals surface area contributed by atoms with Crippen LogP contribution in [-0.2, 0) is 13.0 Å². The molecule has 12 heavy (non-hydrogen) atoms. The van der Waals surface area contributed by atoms with Gasteiger partial charge >= 0.3 is 0 Å². The Morgan fingerprint density at radius 2 is 1.92 bits per heavy atom. The molecule has 0 unspecified atom stereocenters. The van der Waals surface area contributed by atoms with Crippen molar-refractivity contribution in [2.24, 2.45) is 7.05 Å². The van der Waals surface area contributed by atoms with Crippen LogP contribution < -0.4 is 0 Å². The number of nitrogens with zero attached hydrogens (tertiary/aromatic N) is 2. The second kappa shape index (κ2) is 2.50. The Hall–Kier alpha value is -1.00. The van der Waals surface area contributed by atoms with E-state index in [1.165, 1.54) is 14.0 Å². The van der Waals surface area contributed by atoms with E-state index in [0.717, 1.165) is 4.68 Å². The molecule has 0 bridgehead atoms. The zero-order valence-corrected chi connectivity index (χ0v) is 7.03. The van der Waals surface area contributed by atoms with E-state index in [1.54, 1.807) is 0 Å². The molecule has 1 aromatic heterocycles. The first-order valence-corrected chi connectivity index (χ1v) is 3.41. The molecule has 1 aromatic rings. The average Bonchev–Trinajstić information content (AvgIpc) is 2.15. The minimum absolute atomic E-state index is 0.0926. The fourth-order valence-electron chi connectivity index (χ4n) is 1.03. The molecule has 1 rings (SSSR count). The molecule has 2 nitrogen and oxygen atoms in total. The molecule has 0 fully saturated rings. The van der Waals surface area contributed by atoms with Crippen LogP contribution in [-0.4, -0.2) is 9.78 Å². The summed E-state index contributed by atoms with van der Waals surface area (Å²) in [7, 11) is 1.29. The molecule has 0 amide bonds. The second-order valence-electron chi connectivity index (χ2n) is 2.78. The Morgan fingerprint density at radius 3 is 2.08 bits per heavy atom. The highest BCUT2D eigenvalue weighted by molar-refractivity contribution is 5.20. The van der Waals surface area contributed by atoms with E-state index in [0.29, 0.717) is 6.92 Å². The molecule has 1 heterocycles. The van der Waals surface area contributed by atoms with Crippen LogP contribution >= 0.6 is 0 Å². The van der Waals surface area contributed by atoms with E-state index in [2.05, 4.69) is 5.10 Å². The van der Waals surface area contributed by atoms with Crippen LogP contribution in [0, 0.1) is 12.9 Å². The van der Waals surface area contributed by atoms with Crippen molar-refractivity contribution in [2.75, 3.05) is 0 Å². The summed E-state index contributed by atoms with van der Waals surface area (Å²) >= 11 is 0. The normalized spacial score (nSPS) is 12.2. The Morgan fingerprint density at radius 1 is 1.42 bits per heavy atom. The lowest BCUT2D eigenvalue weighted by atomic mass is 10.2. The van der Waals surface area contributed by atoms with Crippen LogP contribution in [0.3, 0.4) is 0 Å². The molecule has 5 heteroatoms. The van der Waals surface area contributed by atoms with Gasteiger partial charge < -0.3 is 0 Å². The van der Waals surface area contributed by atoms with Gasteiger partial charge in [-0.2, -0.15) is 18.3 Å². The minimum Gasteiger partial charge on any atom is -0.242 e. The van der Waals surface area contributed by atoms with Gasteiger partial charge in [0.1, 0.15) is 5.69 Å². The van der Waals surface area contributed by atoms with Crippen molar-refractivity contribution in [1.29, 1.82) is 0 Å². The van der Waals surface area contributed by atoms with Crippen molar-refractivity contribution >= 4 is 0 Å². The predicted octanol–water partition coefficient (Wildman–Crippen LogP) is 1.98. The van der Waals surface area contributed by atoms with Crippen LogP contribution in [0.15, 0.2) is 0 Å². The highest BCUT2D eigenvalue weighted by Crippen LogP contribution is 2.28. The highest BCUT2D eigenvalue weighted by atomic mass is 19.3. The topological polar surface area (TPSA) is 17.8 Å². The Kier molecular flexibility index (Phi) is 1.89. The molecule has 68 valence electrons. The quantitative estimate of drug-likeness (QED) is 0.642. The van der Waals surface area contributed by atoms with Gasteiger partial charge in [0.05, 0.1) is 0 Å². The summed E-state index contributed by atoms with van der Waals surface area (Å²) < 4.78 is 39.0. The fourth-order valence-corrected chi connectivity index (χ4v) is 1.03. The summed E-state index contributed by atoms with van der Waals surface area (Å²) in [6.07, 6.45) is 0. The van der Waals surface area contributed by atoms with E-state index in [-0.39, 0.29) is 5.56 Å². The molecule has 0 saturated heterocycles. The van der Waals surface area contributed by atoms with Crippen LogP contribution in [0.1, 0.15) is 18.2 Å². The lowest BCUT2D eigenvalue weighted by molar-refractivity contribution is 0.0116. The van der Waals surface area contributed by atoms with Gasteiger partial charge in [0, 0.05) is 19.5 Å². The number of hydrogen-bond donors (Lipinski definition) is 0. The van der Waals surface area contributed by atoms with Crippen molar-refractivity contribution in [3.63, 3.8) is 0 Å². The lowest BCUT2D eigenvalue weighted by Crippen LogP contribution is -2.09. The van der Waals surface area contributed by atoms with Crippen LogP contribution in [0.25, 0.3) is 0 Å². The van der Waals surface area contributed by atoms with E-state index in [1.807, 2.05) is 0 Å². The monoisotopic (exact) mass is 178 g/mol. The average molecular weight is 178 g/mol. The molecule has 0 aliphatic rings. The third-order valence-electron chi connectivity index (χ3n) is 1.61. The third-order valence-corrected chi connectivity index (χ3v) is 1.61. The molecular weight excluding hydrogens is 169 g/mol. The first-order chi connectivity index (χ1) is 5.34. The largest absolute Gasteiger partial charge is 0.289 e. The molecule has 0 radical (unpaired) electrons. The minimum atomic E-state index is -3.08. The summed E-state index contributed by atoms with van der Waals surface area (Å²) in [5.41, 5.74) is -0.590. The number of alkyl halides is 2. The fraction of sp³-hybridized carbons (Fsp3) is 0.571. The summed E-state index contributed by atoms with van der Waals surface area (Å²) in [5.74, 6) is -3.79. The lowest BCUT2D eigenvalue weighted by Gasteiger charge is -2.06. The van der Waals surface area contributed by atoms with E-state index >= 15 is 0 Å². The van der Waals surface area contributed by atoms with E-state index < -0.39 is 17.6 Å². The Labute approximate surface area is 68.0 Å². The number of aryl methyl sites for hydroxylation is 1. The van der Waals surface area contributed by atoms with Crippen molar-refractivity contribution < 1.29 is 13.2 Å². The first-order valence-electron chi connectivity index (χ1n) is 3.41. The van der Waals surface area contributed by atoms with Gasteiger partial charge in [0.15, 0.2) is 0 Å². The SMILES string of the molecule is Cc1c(C(C)(F)F)nn(C)c1F. The molecule has 0 aliphatic heterocycles. The van der Waals surface area contributed by atoms with Gasteiger partial charge in [0.25, 0.3) is 5.92 Å². The zero-order valence-electron chi connectivity index (χ0n) is 7.03. The highest BCUT2D eigenvalue weighted by Gasteiger charge is 2.31. The number of rotatable bonds is 1. The summed E-state index contributed by atoms with van der Waals surface area (Å²) in [6.45, 7) is 1.98. The number of hydrogen-bond acceptors (Lipinski definition) is 1. The molecule has 0 N–H and O–H groups in total. The zero-order chi connectivity index (χ0) is 9.52. The molecule has 0 aliphatic carbocycles. The van der Waals surface area contributed by atoms with E-state index in [4.69, 9.17) is 0 Å². The molecule has 0 aromatic carbocycles. The van der Waals surface area contributed by atoms with Crippen molar-refractivity contribution in [1.82, 2.24) is 9.78 Å². The maximum atomic E-state index is 12.8. The standard InChI is InChI=1S/C7H9F3N2/c1-4-5(7(2,9)10)11-12(3)6(4)8/h1-3H3. The van der Waals surface area contributed by atoms with Crippen LogP contribution in [0.5, 0.6) is 0 Å². The maximum Gasteiger partial charge on any atom is 0.289 e. The number of aromatic nitrogens is 2.